The predicted molar refractivity (Wildman–Crippen MR) is 256 cm³/mol. The van der Waals surface area contributed by atoms with Crippen LogP contribution in [0.2, 0.25) is 0 Å². The lowest BCUT2D eigenvalue weighted by Crippen LogP contribution is -2.61. The number of ketones is 3. The minimum atomic E-state index is -2.43. The summed E-state index contributed by atoms with van der Waals surface area (Å²) < 4.78 is 29.9. The fourth-order valence-corrected chi connectivity index (χ4v) is 10.7. The standard InChI is InChI=1S/C52H79N5O12/c1-31-16-12-11-13-17-32(2)43(65-8)28-39-21-19-37(7)52(64,69-39)49(61)50(62)56-23-15-14-18-41(56)51(63)68-44(34(4)26-38-20-22-40(45(27-38)66-9)57-54-30-53-55-57)29-42(58)33(3)25-36(6)47(60)48(67-10)46(59)35(5)24-31/h11-13,16-17,25,30-31,34-41,43-45,47-48,60,64H,14-15,18-24,26-29H2,1-10H3/b13-11?,16-12?,32-17?,33-25+/t31-,34-,35?,36?,37-,38+,39+,40+,41+,43+,44+,45-,47-,48?,52-/m1/s1. The third kappa shape index (κ3) is 14.2. The van der Waals surface area contributed by atoms with Crippen LogP contribution < -0.4 is 0 Å². The molecule has 17 nitrogen and oxygen atoms in total. The zero-order chi connectivity index (χ0) is 50.6. The fraction of sp³-hybridized carbons (Fsp3) is 0.731. The van der Waals surface area contributed by atoms with Gasteiger partial charge in [0.1, 0.15) is 18.2 Å². The van der Waals surface area contributed by atoms with Gasteiger partial charge in [0.25, 0.3) is 11.7 Å². The van der Waals surface area contributed by atoms with E-state index in [9.17, 15) is 34.2 Å². The number of hydrogen-bond acceptors (Lipinski definition) is 15. The van der Waals surface area contributed by atoms with Crippen LogP contribution in [0.15, 0.2) is 53.9 Å². The molecule has 0 aromatic carbocycles. The molecule has 1 saturated carbocycles. The molecule has 1 amide bonds. The van der Waals surface area contributed by atoms with Crippen molar-refractivity contribution in [2.75, 3.05) is 27.9 Å². The van der Waals surface area contributed by atoms with Gasteiger partial charge in [-0.1, -0.05) is 71.1 Å². The summed E-state index contributed by atoms with van der Waals surface area (Å²) in [5.74, 6) is -7.91. The fourth-order valence-electron chi connectivity index (χ4n) is 10.7. The van der Waals surface area contributed by atoms with Crippen molar-refractivity contribution in [1.29, 1.82) is 0 Å². The zero-order valence-electron chi connectivity index (χ0n) is 42.5. The van der Waals surface area contributed by atoms with Crippen LogP contribution in [0, 0.1) is 35.5 Å². The van der Waals surface area contributed by atoms with Crippen molar-refractivity contribution in [2.24, 2.45) is 35.5 Å². The molecule has 1 aromatic heterocycles. The molecule has 4 aliphatic rings. The molecule has 15 atom stereocenters. The van der Waals surface area contributed by atoms with E-state index in [2.05, 4.69) is 15.4 Å². The predicted octanol–water partition coefficient (Wildman–Crippen LogP) is 6.05. The van der Waals surface area contributed by atoms with Crippen molar-refractivity contribution in [3.63, 3.8) is 0 Å². The Labute approximate surface area is 408 Å². The highest BCUT2D eigenvalue weighted by atomic mass is 16.6. The number of Topliss-reactive ketones (excluding diaryl/α,β-unsaturated/α-hetero) is 3. The van der Waals surface area contributed by atoms with Crippen LogP contribution >= 0.6 is 0 Å². The average Bonchev–Trinajstić information content (AvgIpc) is 3.88. The number of cyclic esters (lactones) is 1. The van der Waals surface area contributed by atoms with E-state index in [1.807, 2.05) is 58.1 Å². The second-order valence-corrected chi connectivity index (χ2v) is 20.4. The first-order chi connectivity index (χ1) is 32.8. The highest BCUT2D eigenvalue weighted by Crippen LogP contribution is 2.39. The van der Waals surface area contributed by atoms with E-state index >= 15 is 0 Å². The van der Waals surface area contributed by atoms with Gasteiger partial charge in [-0.05, 0) is 112 Å². The average molecular weight is 966 g/mol. The Morgan fingerprint density at radius 3 is 2.33 bits per heavy atom. The number of piperidine rings is 1. The molecular weight excluding hydrogens is 887 g/mol. The number of carbonyl (C=O) groups is 5. The van der Waals surface area contributed by atoms with Crippen LogP contribution in [0.3, 0.4) is 0 Å². The number of tetrazole rings is 1. The van der Waals surface area contributed by atoms with E-state index in [1.54, 1.807) is 45.9 Å². The first-order valence-electron chi connectivity index (χ1n) is 25.0. The van der Waals surface area contributed by atoms with Crippen molar-refractivity contribution in [3.8, 4) is 0 Å². The maximum absolute atomic E-state index is 14.5. The van der Waals surface area contributed by atoms with Gasteiger partial charge in [0, 0.05) is 58.5 Å². The molecule has 1 aliphatic carbocycles. The highest BCUT2D eigenvalue weighted by molar-refractivity contribution is 6.39. The number of ether oxygens (including phenoxy) is 5. The number of amides is 1. The van der Waals surface area contributed by atoms with Crippen LogP contribution in [-0.4, -0.2) is 141 Å². The molecule has 384 valence electrons. The molecule has 69 heavy (non-hydrogen) atoms. The number of rotatable bonds is 7. The van der Waals surface area contributed by atoms with Crippen molar-refractivity contribution >= 4 is 29.2 Å². The van der Waals surface area contributed by atoms with Gasteiger partial charge in [-0.3, -0.25) is 19.2 Å². The van der Waals surface area contributed by atoms with Crippen LogP contribution in [-0.2, 0) is 47.7 Å². The van der Waals surface area contributed by atoms with Gasteiger partial charge in [-0.2, -0.15) is 4.80 Å². The summed E-state index contributed by atoms with van der Waals surface area (Å²) in [4.78, 5) is 73.9. The Morgan fingerprint density at radius 2 is 1.65 bits per heavy atom. The first-order valence-corrected chi connectivity index (χ1v) is 25.0. The maximum atomic E-state index is 14.5. The number of nitrogens with zero attached hydrogens (tertiary/aromatic N) is 5. The Kier molecular flexibility index (Phi) is 20.8. The Balaban J connectivity index is 1.46. The monoisotopic (exact) mass is 966 g/mol. The summed E-state index contributed by atoms with van der Waals surface area (Å²) in [5.41, 5.74) is 1.20. The minimum absolute atomic E-state index is 0.0195. The topological polar surface area (TPSA) is 219 Å². The summed E-state index contributed by atoms with van der Waals surface area (Å²) in [5, 5.41) is 35.7. The lowest BCUT2D eigenvalue weighted by molar-refractivity contribution is -0.265. The van der Waals surface area contributed by atoms with Crippen LogP contribution in [0.25, 0.3) is 0 Å². The smallest absolute Gasteiger partial charge is 0.329 e. The summed E-state index contributed by atoms with van der Waals surface area (Å²) in [6.07, 6.45) is 13.7. The molecule has 3 aliphatic heterocycles. The van der Waals surface area contributed by atoms with E-state index < -0.39 is 77.8 Å². The maximum Gasteiger partial charge on any atom is 0.329 e. The molecule has 2 saturated heterocycles. The number of allylic oxidation sites excluding steroid dienone is 6. The lowest BCUT2D eigenvalue weighted by atomic mass is 9.78. The number of aliphatic hydroxyl groups is 2. The van der Waals surface area contributed by atoms with Crippen molar-refractivity contribution in [1.82, 2.24) is 25.1 Å². The molecule has 0 spiro atoms. The van der Waals surface area contributed by atoms with Crippen LogP contribution in [0.4, 0.5) is 0 Å². The summed E-state index contributed by atoms with van der Waals surface area (Å²) in [6.45, 7) is 12.8. The third-order valence-electron chi connectivity index (χ3n) is 15.2. The van der Waals surface area contributed by atoms with Gasteiger partial charge in [-0.25, -0.2) is 4.79 Å². The number of esters is 1. The van der Waals surface area contributed by atoms with E-state index in [-0.39, 0.29) is 60.9 Å². The van der Waals surface area contributed by atoms with Gasteiger partial charge in [0.2, 0.25) is 5.79 Å². The van der Waals surface area contributed by atoms with Crippen molar-refractivity contribution in [2.45, 2.75) is 180 Å². The molecule has 5 rings (SSSR count). The normalized spacial score (nSPS) is 37.1. The van der Waals surface area contributed by atoms with E-state index in [0.29, 0.717) is 56.9 Å². The van der Waals surface area contributed by atoms with E-state index in [0.717, 1.165) is 18.4 Å². The molecule has 1 aromatic rings. The van der Waals surface area contributed by atoms with Gasteiger partial charge in [0.05, 0.1) is 30.5 Å². The second-order valence-electron chi connectivity index (χ2n) is 20.4. The van der Waals surface area contributed by atoms with Gasteiger partial charge < -0.3 is 38.8 Å². The van der Waals surface area contributed by atoms with Crippen LogP contribution in [0.5, 0.6) is 0 Å². The number of fused-ring (bicyclic) bond motifs is 3. The molecule has 3 unspecified atom stereocenters. The van der Waals surface area contributed by atoms with Crippen LogP contribution in [0.1, 0.15) is 132 Å². The summed E-state index contributed by atoms with van der Waals surface area (Å²) in [7, 11) is 4.62. The number of aliphatic hydroxyl groups excluding tert-OH is 1. The van der Waals surface area contributed by atoms with Crippen molar-refractivity contribution < 1.29 is 57.9 Å². The molecule has 2 bridgehead atoms. The Bertz CT molecular complexity index is 2020. The zero-order valence-corrected chi connectivity index (χ0v) is 42.5. The summed E-state index contributed by atoms with van der Waals surface area (Å²) in [6, 6.07) is -1.25. The van der Waals surface area contributed by atoms with E-state index in [4.69, 9.17) is 23.7 Å². The molecular formula is C52H79N5O12. The third-order valence-corrected chi connectivity index (χ3v) is 15.2. The number of methoxy groups -OCH3 is 3. The largest absolute Gasteiger partial charge is 0.460 e. The molecule has 3 fully saturated rings. The van der Waals surface area contributed by atoms with E-state index in [1.165, 1.54) is 18.3 Å². The SMILES string of the molecule is COC1C(=O)C(C)C[C@H](C)C=CC=CC=C(C)[C@@H](OC)C[C@@H]2CC[C@@H](C)[C@@](O)(O2)C(=O)C(=O)N2CCCC[C@H]2C(=O)O[C@H]([C@H](C)C[C@@H]2CC[C@H](n3ncnn3)[C@H](OC)C2)CC(=O)/C(C)=C/C(C)[C@H]1O. The van der Waals surface area contributed by atoms with Gasteiger partial charge in [0.15, 0.2) is 17.9 Å². The number of carbonyl (C=O) groups excluding carboxylic acids is 5. The minimum Gasteiger partial charge on any atom is -0.460 e. The molecule has 2 N–H and O–H groups in total. The second kappa shape index (κ2) is 25.7. The molecule has 0 radical (unpaired) electrons. The van der Waals surface area contributed by atoms with Crippen molar-refractivity contribution in [3.05, 3.63) is 53.9 Å². The quantitative estimate of drug-likeness (QED) is 0.235. The summed E-state index contributed by atoms with van der Waals surface area (Å²) >= 11 is 0. The van der Waals surface area contributed by atoms with Gasteiger partial charge >= 0.3 is 5.97 Å². The number of aromatic nitrogens is 4. The Morgan fingerprint density at radius 1 is 0.899 bits per heavy atom. The Hall–Kier alpha value is -4.26. The first kappa shape index (κ1) is 55.7. The van der Waals surface area contributed by atoms with Gasteiger partial charge in [-0.15, -0.1) is 10.2 Å². The molecule has 4 heterocycles. The lowest BCUT2D eigenvalue weighted by Gasteiger charge is -2.42. The number of hydrogen-bond donors (Lipinski definition) is 2. The highest BCUT2D eigenvalue weighted by Gasteiger charge is 2.53. The molecule has 17 heteroatoms.